The number of likely N-dealkylation sites (tertiary alicyclic amines) is 1. The Bertz CT molecular complexity index is 308. The number of carbonyl (C=O) groups excluding carboxylic acids is 1. The molecule has 1 heterocycles. The van der Waals surface area contributed by atoms with Gasteiger partial charge in [0.15, 0.2) is 0 Å². The van der Waals surface area contributed by atoms with E-state index >= 15 is 0 Å². The lowest BCUT2D eigenvalue weighted by atomic mass is 9.70. The van der Waals surface area contributed by atoms with Gasteiger partial charge in [-0.25, -0.2) is 0 Å². The Hall–Kier alpha value is -0.570. The monoisotopic (exact) mass is 266 g/mol. The molecule has 1 aliphatic heterocycles. The quantitative estimate of drug-likeness (QED) is 0.850. The number of carbonyl (C=O) groups is 1. The number of amides is 1. The van der Waals surface area contributed by atoms with E-state index in [-0.39, 0.29) is 5.41 Å². The SMILES string of the molecule is CCCC1CCN(C(=O)C2(CN)CCC(C)CC2)C1. The zero-order valence-electron chi connectivity index (χ0n) is 12.7. The molecule has 1 atom stereocenters. The van der Waals surface area contributed by atoms with Crippen LogP contribution in [0.25, 0.3) is 0 Å². The maximum absolute atomic E-state index is 12.9. The number of hydrogen-bond acceptors (Lipinski definition) is 2. The third kappa shape index (κ3) is 3.13. The molecule has 1 unspecified atom stereocenters. The van der Waals surface area contributed by atoms with Crippen molar-refractivity contribution in [1.29, 1.82) is 0 Å². The minimum absolute atomic E-state index is 0.229. The fraction of sp³-hybridized carbons (Fsp3) is 0.938. The molecule has 2 rings (SSSR count). The Morgan fingerprint density at radius 3 is 2.58 bits per heavy atom. The first kappa shape index (κ1) is 14.8. The van der Waals surface area contributed by atoms with Gasteiger partial charge in [0.2, 0.25) is 5.91 Å². The molecule has 1 saturated heterocycles. The molecule has 3 heteroatoms. The van der Waals surface area contributed by atoms with Crippen molar-refractivity contribution in [2.75, 3.05) is 19.6 Å². The highest BCUT2D eigenvalue weighted by molar-refractivity contribution is 5.83. The first-order valence-electron chi connectivity index (χ1n) is 8.10. The van der Waals surface area contributed by atoms with Gasteiger partial charge in [0, 0.05) is 19.6 Å². The second-order valence-corrected chi connectivity index (χ2v) is 6.86. The zero-order chi connectivity index (χ0) is 13.9. The summed E-state index contributed by atoms with van der Waals surface area (Å²) in [6.07, 6.45) is 8.00. The van der Waals surface area contributed by atoms with Gasteiger partial charge < -0.3 is 10.6 Å². The summed E-state index contributed by atoms with van der Waals surface area (Å²) >= 11 is 0. The molecule has 0 bridgehead atoms. The Kier molecular flexibility index (Phi) is 4.88. The van der Waals surface area contributed by atoms with Crippen molar-refractivity contribution in [3.63, 3.8) is 0 Å². The van der Waals surface area contributed by atoms with Gasteiger partial charge in [0.25, 0.3) is 0 Å². The topological polar surface area (TPSA) is 46.3 Å². The largest absolute Gasteiger partial charge is 0.342 e. The van der Waals surface area contributed by atoms with Gasteiger partial charge >= 0.3 is 0 Å². The van der Waals surface area contributed by atoms with Gasteiger partial charge in [-0.2, -0.15) is 0 Å². The second kappa shape index (κ2) is 6.25. The van der Waals surface area contributed by atoms with Crippen molar-refractivity contribution >= 4 is 5.91 Å². The molecule has 1 saturated carbocycles. The molecule has 0 aromatic heterocycles. The Balaban J connectivity index is 1.98. The molecule has 19 heavy (non-hydrogen) atoms. The molecular weight excluding hydrogens is 236 g/mol. The van der Waals surface area contributed by atoms with Gasteiger partial charge in [-0.1, -0.05) is 20.3 Å². The molecule has 0 aromatic rings. The Morgan fingerprint density at radius 1 is 1.32 bits per heavy atom. The minimum Gasteiger partial charge on any atom is -0.342 e. The molecule has 2 aliphatic rings. The van der Waals surface area contributed by atoms with Crippen LogP contribution in [0.3, 0.4) is 0 Å². The predicted molar refractivity (Wildman–Crippen MR) is 78.7 cm³/mol. The third-order valence-electron chi connectivity index (χ3n) is 5.35. The highest BCUT2D eigenvalue weighted by atomic mass is 16.2. The average molecular weight is 266 g/mol. The van der Waals surface area contributed by atoms with Crippen LogP contribution in [0.15, 0.2) is 0 Å². The lowest BCUT2D eigenvalue weighted by Gasteiger charge is -2.39. The number of hydrogen-bond donors (Lipinski definition) is 1. The summed E-state index contributed by atoms with van der Waals surface area (Å²) in [5.41, 5.74) is 5.77. The second-order valence-electron chi connectivity index (χ2n) is 6.86. The standard InChI is InChI=1S/C16H30N2O/c1-3-4-14-7-10-18(11-14)15(19)16(12-17)8-5-13(2)6-9-16/h13-14H,3-12,17H2,1-2H3. The van der Waals surface area contributed by atoms with Crippen molar-refractivity contribution in [2.24, 2.45) is 23.0 Å². The van der Waals surface area contributed by atoms with Crippen LogP contribution in [0.2, 0.25) is 0 Å². The number of nitrogens with two attached hydrogens (primary N) is 1. The van der Waals surface area contributed by atoms with Crippen LogP contribution in [0.5, 0.6) is 0 Å². The summed E-state index contributed by atoms with van der Waals surface area (Å²) in [7, 11) is 0. The van der Waals surface area contributed by atoms with Gasteiger partial charge in [-0.05, 0) is 50.4 Å². The number of rotatable bonds is 4. The first-order valence-corrected chi connectivity index (χ1v) is 8.10. The molecular formula is C16H30N2O. The van der Waals surface area contributed by atoms with E-state index in [0.29, 0.717) is 12.5 Å². The maximum atomic E-state index is 12.9. The summed E-state index contributed by atoms with van der Waals surface area (Å²) in [5, 5.41) is 0. The summed E-state index contributed by atoms with van der Waals surface area (Å²) in [4.78, 5) is 15.0. The molecule has 0 radical (unpaired) electrons. The van der Waals surface area contributed by atoms with E-state index in [4.69, 9.17) is 5.73 Å². The molecule has 0 spiro atoms. The van der Waals surface area contributed by atoms with Crippen LogP contribution < -0.4 is 5.73 Å². The molecule has 1 amide bonds. The van der Waals surface area contributed by atoms with Crippen LogP contribution in [0.1, 0.15) is 58.8 Å². The van der Waals surface area contributed by atoms with Crippen molar-refractivity contribution < 1.29 is 4.79 Å². The van der Waals surface area contributed by atoms with Gasteiger partial charge in [0.05, 0.1) is 5.41 Å². The molecule has 1 aliphatic carbocycles. The van der Waals surface area contributed by atoms with E-state index in [1.807, 2.05) is 0 Å². The summed E-state index contributed by atoms with van der Waals surface area (Å²) < 4.78 is 0. The highest BCUT2D eigenvalue weighted by Gasteiger charge is 2.43. The lowest BCUT2D eigenvalue weighted by molar-refractivity contribution is -0.143. The Labute approximate surface area is 117 Å². The van der Waals surface area contributed by atoms with Gasteiger partial charge in [-0.3, -0.25) is 4.79 Å². The van der Waals surface area contributed by atoms with Crippen molar-refractivity contribution in [2.45, 2.75) is 58.8 Å². The molecule has 110 valence electrons. The van der Waals surface area contributed by atoms with Crippen LogP contribution in [0.4, 0.5) is 0 Å². The van der Waals surface area contributed by atoms with Crippen molar-refractivity contribution in [3.8, 4) is 0 Å². The fourth-order valence-corrected chi connectivity index (χ4v) is 3.82. The van der Waals surface area contributed by atoms with Gasteiger partial charge in [-0.15, -0.1) is 0 Å². The Morgan fingerprint density at radius 2 is 2.00 bits per heavy atom. The van der Waals surface area contributed by atoms with E-state index in [9.17, 15) is 4.79 Å². The van der Waals surface area contributed by atoms with Crippen LogP contribution in [-0.4, -0.2) is 30.4 Å². The van der Waals surface area contributed by atoms with Gasteiger partial charge in [0.1, 0.15) is 0 Å². The van der Waals surface area contributed by atoms with Crippen molar-refractivity contribution in [1.82, 2.24) is 4.90 Å². The normalized spacial score (nSPS) is 35.6. The average Bonchev–Trinajstić information content (AvgIpc) is 2.88. The van der Waals surface area contributed by atoms with E-state index < -0.39 is 0 Å². The minimum atomic E-state index is -0.229. The smallest absolute Gasteiger partial charge is 0.230 e. The van der Waals surface area contributed by atoms with E-state index in [2.05, 4.69) is 18.7 Å². The first-order chi connectivity index (χ1) is 9.11. The molecule has 3 nitrogen and oxygen atoms in total. The summed E-state index contributed by atoms with van der Waals surface area (Å²) in [5.74, 6) is 1.85. The van der Waals surface area contributed by atoms with Crippen LogP contribution in [0, 0.1) is 17.3 Å². The van der Waals surface area contributed by atoms with Crippen LogP contribution in [-0.2, 0) is 4.79 Å². The van der Waals surface area contributed by atoms with E-state index in [1.165, 1.54) is 19.3 Å². The molecule has 0 aromatic carbocycles. The summed E-state index contributed by atoms with van der Waals surface area (Å²) in [6, 6.07) is 0. The van der Waals surface area contributed by atoms with Crippen molar-refractivity contribution in [3.05, 3.63) is 0 Å². The maximum Gasteiger partial charge on any atom is 0.230 e. The highest BCUT2D eigenvalue weighted by Crippen LogP contribution is 2.40. The molecule has 2 fully saturated rings. The summed E-state index contributed by atoms with van der Waals surface area (Å²) in [6.45, 7) is 6.99. The molecule has 2 N–H and O–H groups in total. The van der Waals surface area contributed by atoms with E-state index in [1.54, 1.807) is 0 Å². The van der Waals surface area contributed by atoms with Crippen LogP contribution >= 0.6 is 0 Å². The third-order valence-corrected chi connectivity index (χ3v) is 5.35. The fourth-order valence-electron chi connectivity index (χ4n) is 3.82. The van der Waals surface area contributed by atoms with E-state index in [0.717, 1.165) is 50.6 Å². The number of nitrogens with zero attached hydrogens (tertiary/aromatic N) is 1. The zero-order valence-corrected chi connectivity index (χ0v) is 12.7. The lowest BCUT2D eigenvalue weighted by Crippen LogP contribution is -2.49. The predicted octanol–water partition coefficient (Wildman–Crippen LogP) is 2.79.